The van der Waals surface area contributed by atoms with Crippen LogP contribution in [0.4, 0.5) is 11.4 Å². The van der Waals surface area contributed by atoms with Crippen molar-refractivity contribution in [2.75, 3.05) is 11.9 Å². The molecule has 3 heteroatoms. The second kappa shape index (κ2) is 9.29. The Morgan fingerprint density at radius 1 is 0.952 bits per heavy atom. The minimum absolute atomic E-state index is 0.250. The average Bonchev–Trinajstić information content (AvgIpc) is 2.54. The summed E-state index contributed by atoms with van der Waals surface area (Å²) >= 11 is 0. The van der Waals surface area contributed by atoms with Gasteiger partial charge in [0.2, 0.25) is 0 Å². The number of nitrogens with zero attached hydrogens (tertiary/aromatic N) is 1. The lowest BCUT2D eigenvalue weighted by molar-refractivity contribution is -0.191. The summed E-state index contributed by atoms with van der Waals surface area (Å²) in [7, 11) is 2.09. The fourth-order valence-electron chi connectivity index (χ4n) is 1.86. The molecule has 2 aromatic rings. The largest absolute Gasteiger partial charge is 0.373 e. The van der Waals surface area contributed by atoms with Crippen molar-refractivity contribution in [3.8, 4) is 0 Å². The summed E-state index contributed by atoms with van der Waals surface area (Å²) in [6.07, 6.45) is 5.66. The number of carbonyl (C=O) groups excluding carboxylic acids is 2. The lowest BCUT2D eigenvalue weighted by Crippen LogP contribution is -2.08. The molecule has 0 aliphatic carbocycles. The van der Waals surface area contributed by atoms with E-state index in [9.17, 15) is 0 Å². The van der Waals surface area contributed by atoms with Crippen LogP contribution in [0.3, 0.4) is 0 Å². The van der Waals surface area contributed by atoms with Gasteiger partial charge in [0.05, 0.1) is 0 Å². The highest BCUT2D eigenvalue weighted by Gasteiger charge is 2.01. The minimum atomic E-state index is 0.250. The number of hydrogen-bond acceptors (Lipinski definition) is 3. The zero-order valence-corrected chi connectivity index (χ0v) is 12.3. The molecule has 0 spiro atoms. The van der Waals surface area contributed by atoms with E-state index in [0.717, 1.165) is 6.42 Å². The molecule has 0 fully saturated rings. The van der Waals surface area contributed by atoms with Gasteiger partial charge in [-0.05, 0) is 36.2 Å². The predicted molar refractivity (Wildman–Crippen MR) is 85.3 cm³/mol. The molecular weight excluding hydrogens is 262 g/mol. The Labute approximate surface area is 125 Å². The van der Waals surface area contributed by atoms with E-state index in [0.29, 0.717) is 0 Å². The van der Waals surface area contributed by atoms with Crippen molar-refractivity contribution in [3.05, 3.63) is 66.2 Å². The van der Waals surface area contributed by atoms with Crippen LogP contribution in [0.15, 0.2) is 60.7 Å². The third-order valence-electron chi connectivity index (χ3n) is 2.97. The van der Waals surface area contributed by atoms with Crippen LogP contribution in [-0.4, -0.2) is 13.2 Å². The van der Waals surface area contributed by atoms with Gasteiger partial charge in [0.15, 0.2) is 0 Å². The van der Waals surface area contributed by atoms with Gasteiger partial charge in [0.1, 0.15) is 0 Å². The van der Waals surface area contributed by atoms with Gasteiger partial charge in [0, 0.05) is 18.4 Å². The normalized spacial score (nSPS) is 9.62. The van der Waals surface area contributed by atoms with E-state index in [1.54, 1.807) is 0 Å². The van der Waals surface area contributed by atoms with Gasteiger partial charge in [0.25, 0.3) is 0 Å². The zero-order valence-electron chi connectivity index (χ0n) is 12.3. The fourth-order valence-corrected chi connectivity index (χ4v) is 1.86. The van der Waals surface area contributed by atoms with Gasteiger partial charge in [-0.2, -0.15) is 9.59 Å². The lowest BCUT2D eigenvalue weighted by Gasteiger charge is -2.19. The maximum Gasteiger partial charge on any atom is 0.373 e. The molecule has 0 saturated carbocycles. The third-order valence-corrected chi connectivity index (χ3v) is 2.97. The molecule has 0 atom stereocenters. The standard InChI is InChI=1S/C17H19N.CO2/c1-3-4-8-15-11-13-17(14-12-15)18(2)16-9-6-5-7-10-16;2-1-3/h4-14H,3H2,1-2H3;/b8-4+;. The number of rotatable bonds is 4. The van der Waals surface area contributed by atoms with Crippen molar-refractivity contribution < 1.29 is 9.59 Å². The number of para-hydroxylation sites is 1. The topological polar surface area (TPSA) is 37.4 Å². The number of benzene rings is 2. The molecule has 0 aliphatic heterocycles. The Balaban J connectivity index is 0.000000677. The molecule has 2 aromatic carbocycles. The van der Waals surface area contributed by atoms with E-state index in [1.165, 1.54) is 16.9 Å². The van der Waals surface area contributed by atoms with Gasteiger partial charge in [-0.15, -0.1) is 0 Å². The molecule has 0 amide bonds. The van der Waals surface area contributed by atoms with Crippen molar-refractivity contribution in [1.82, 2.24) is 0 Å². The second-order valence-electron chi connectivity index (χ2n) is 4.38. The van der Waals surface area contributed by atoms with E-state index >= 15 is 0 Å². The third kappa shape index (κ3) is 5.47. The predicted octanol–water partition coefficient (Wildman–Crippen LogP) is 4.29. The van der Waals surface area contributed by atoms with E-state index in [-0.39, 0.29) is 6.15 Å². The first-order valence-electron chi connectivity index (χ1n) is 6.77. The highest BCUT2D eigenvalue weighted by atomic mass is 16.2. The highest BCUT2D eigenvalue weighted by Crippen LogP contribution is 2.23. The molecule has 0 saturated heterocycles. The highest BCUT2D eigenvalue weighted by molar-refractivity contribution is 5.64. The van der Waals surface area contributed by atoms with E-state index < -0.39 is 0 Å². The molecule has 0 N–H and O–H groups in total. The van der Waals surface area contributed by atoms with Crippen LogP contribution in [-0.2, 0) is 9.59 Å². The summed E-state index contributed by atoms with van der Waals surface area (Å²) in [4.78, 5) is 18.4. The molecule has 0 radical (unpaired) electrons. The lowest BCUT2D eigenvalue weighted by atomic mass is 10.1. The molecule has 0 aromatic heterocycles. The van der Waals surface area contributed by atoms with Crippen LogP contribution in [0, 0.1) is 0 Å². The zero-order chi connectivity index (χ0) is 15.5. The SMILES string of the molecule is CC/C=C/c1ccc(N(C)c2ccccc2)cc1.O=C=O. The number of anilines is 2. The minimum Gasteiger partial charge on any atom is -0.345 e. The quantitative estimate of drug-likeness (QED) is 0.838. The van der Waals surface area contributed by atoms with Gasteiger partial charge < -0.3 is 4.90 Å². The van der Waals surface area contributed by atoms with Crippen molar-refractivity contribution in [2.24, 2.45) is 0 Å². The molecule has 0 unspecified atom stereocenters. The Hall–Kier alpha value is -2.64. The van der Waals surface area contributed by atoms with E-state index in [4.69, 9.17) is 9.59 Å². The molecular formula is C18H19NO2. The fraction of sp³-hybridized carbons (Fsp3) is 0.167. The number of allylic oxidation sites excluding steroid dienone is 1. The molecule has 0 heterocycles. The van der Waals surface area contributed by atoms with Gasteiger partial charge in [-0.1, -0.05) is 49.4 Å². The Kier molecular flexibility index (Phi) is 7.26. The maximum absolute atomic E-state index is 8.12. The Bertz CT molecular complexity index is 582. The summed E-state index contributed by atoms with van der Waals surface area (Å²) < 4.78 is 0. The van der Waals surface area contributed by atoms with Crippen molar-refractivity contribution in [3.63, 3.8) is 0 Å². The van der Waals surface area contributed by atoms with E-state index in [1.807, 2.05) is 6.07 Å². The second-order valence-corrected chi connectivity index (χ2v) is 4.38. The van der Waals surface area contributed by atoms with Gasteiger partial charge >= 0.3 is 6.15 Å². The first-order valence-corrected chi connectivity index (χ1v) is 6.77. The molecule has 0 aliphatic rings. The number of hydrogen-bond donors (Lipinski definition) is 0. The monoisotopic (exact) mass is 281 g/mol. The Morgan fingerprint density at radius 2 is 1.48 bits per heavy atom. The van der Waals surface area contributed by atoms with Crippen LogP contribution < -0.4 is 4.90 Å². The van der Waals surface area contributed by atoms with Gasteiger partial charge in [-0.25, -0.2) is 0 Å². The molecule has 108 valence electrons. The average molecular weight is 281 g/mol. The van der Waals surface area contributed by atoms with E-state index in [2.05, 4.69) is 79.6 Å². The summed E-state index contributed by atoms with van der Waals surface area (Å²) in [5.41, 5.74) is 3.66. The maximum atomic E-state index is 8.12. The van der Waals surface area contributed by atoms with Crippen LogP contribution in [0.2, 0.25) is 0 Å². The van der Waals surface area contributed by atoms with Crippen LogP contribution in [0.25, 0.3) is 6.08 Å². The first kappa shape index (κ1) is 16.4. The van der Waals surface area contributed by atoms with Crippen LogP contribution >= 0.6 is 0 Å². The first-order chi connectivity index (χ1) is 10.2. The smallest absolute Gasteiger partial charge is 0.345 e. The Morgan fingerprint density at radius 3 is 2.00 bits per heavy atom. The summed E-state index contributed by atoms with van der Waals surface area (Å²) in [5.74, 6) is 0. The van der Waals surface area contributed by atoms with Crippen molar-refractivity contribution >= 4 is 23.6 Å². The van der Waals surface area contributed by atoms with Crippen molar-refractivity contribution in [2.45, 2.75) is 13.3 Å². The van der Waals surface area contributed by atoms with Crippen LogP contribution in [0.5, 0.6) is 0 Å². The molecule has 2 rings (SSSR count). The van der Waals surface area contributed by atoms with Crippen LogP contribution in [0.1, 0.15) is 18.9 Å². The van der Waals surface area contributed by atoms with Crippen molar-refractivity contribution in [1.29, 1.82) is 0 Å². The van der Waals surface area contributed by atoms with Gasteiger partial charge in [-0.3, -0.25) is 0 Å². The molecule has 21 heavy (non-hydrogen) atoms. The molecule has 0 bridgehead atoms. The summed E-state index contributed by atoms with van der Waals surface area (Å²) in [6.45, 7) is 2.15. The summed E-state index contributed by atoms with van der Waals surface area (Å²) in [6, 6.07) is 19.0. The summed E-state index contributed by atoms with van der Waals surface area (Å²) in [5, 5.41) is 0. The molecule has 3 nitrogen and oxygen atoms in total.